The predicted molar refractivity (Wildman–Crippen MR) is 104 cm³/mol. The summed E-state index contributed by atoms with van der Waals surface area (Å²) in [6.45, 7) is 0.436. The van der Waals surface area contributed by atoms with Gasteiger partial charge >= 0.3 is 5.97 Å². The van der Waals surface area contributed by atoms with Gasteiger partial charge in [0.05, 0.1) is 25.4 Å². The fourth-order valence-electron chi connectivity index (χ4n) is 3.02. The van der Waals surface area contributed by atoms with Crippen molar-refractivity contribution in [3.63, 3.8) is 0 Å². The number of hydrogen-bond acceptors (Lipinski definition) is 5. The number of aliphatic carboxylic acids is 1. The van der Waals surface area contributed by atoms with E-state index in [1.165, 1.54) is 11.1 Å². The first kappa shape index (κ1) is 18.8. The number of aromatic nitrogens is 1. The Morgan fingerprint density at radius 2 is 2.04 bits per heavy atom. The zero-order valence-corrected chi connectivity index (χ0v) is 15.6. The van der Waals surface area contributed by atoms with E-state index in [0.717, 1.165) is 11.3 Å². The monoisotopic (exact) mass is 385 g/mol. The molecule has 1 atom stereocenters. The van der Waals surface area contributed by atoms with Crippen molar-refractivity contribution in [2.24, 2.45) is 0 Å². The molecule has 0 saturated carbocycles. The Bertz CT molecular complexity index is 842. The van der Waals surface area contributed by atoms with Gasteiger partial charge in [-0.2, -0.15) is 0 Å². The number of pyridine rings is 1. The summed E-state index contributed by atoms with van der Waals surface area (Å²) in [7, 11) is 1.60. The summed E-state index contributed by atoms with van der Waals surface area (Å²) in [4.78, 5) is 31.2. The van der Waals surface area contributed by atoms with Crippen molar-refractivity contribution in [2.45, 2.75) is 18.9 Å². The zero-order valence-electron chi connectivity index (χ0n) is 14.7. The molecule has 8 heteroatoms. The minimum Gasteiger partial charge on any atom is -0.497 e. The lowest BCUT2D eigenvalue weighted by atomic mass is 10.1. The standard InChI is InChI=1S/C19H19N3O4S/c1-26-15-6-4-13(5-7-15)8-10-21-16(11-17(23)24)18(25)22(19(21)27)14-3-2-9-20-12-14/h2-7,9,12,16H,8,10-11H2,1H3,(H,23,24). The van der Waals surface area contributed by atoms with Gasteiger partial charge < -0.3 is 14.7 Å². The molecule has 1 saturated heterocycles. The van der Waals surface area contributed by atoms with E-state index in [2.05, 4.69) is 4.98 Å². The smallest absolute Gasteiger partial charge is 0.305 e. The van der Waals surface area contributed by atoms with Gasteiger partial charge in [0.25, 0.3) is 5.91 Å². The molecule has 1 amide bonds. The third kappa shape index (κ3) is 4.06. The quantitative estimate of drug-likeness (QED) is 0.731. The molecular weight excluding hydrogens is 366 g/mol. The molecule has 0 aliphatic carbocycles. The van der Waals surface area contributed by atoms with Crippen molar-refractivity contribution in [2.75, 3.05) is 18.6 Å². The molecule has 2 aromatic rings. The van der Waals surface area contributed by atoms with Crippen molar-refractivity contribution < 1.29 is 19.4 Å². The van der Waals surface area contributed by atoms with Crippen molar-refractivity contribution in [3.8, 4) is 5.75 Å². The Labute approximate surface area is 162 Å². The van der Waals surface area contributed by atoms with Crippen molar-refractivity contribution in [1.82, 2.24) is 9.88 Å². The topological polar surface area (TPSA) is 83.0 Å². The number of carboxylic acids is 1. The summed E-state index contributed by atoms with van der Waals surface area (Å²) in [5.74, 6) is -0.624. The number of thiocarbonyl (C=S) groups is 1. The first-order valence-corrected chi connectivity index (χ1v) is 8.81. The Morgan fingerprint density at radius 1 is 1.30 bits per heavy atom. The van der Waals surface area contributed by atoms with E-state index < -0.39 is 12.0 Å². The average molecular weight is 385 g/mol. The number of amides is 1. The Morgan fingerprint density at radius 3 is 2.63 bits per heavy atom. The fraction of sp³-hybridized carbons (Fsp3) is 0.263. The van der Waals surface area contributed by atoms with E-state index in [4.69, 9.17) is 17.0 Å². The predicted octanol–water partition coefficient (Wildman–Crippen LogP) is 2.11. The highest BCUT2D eigenvalue weighted by atomic mass is 32.1. The van der Waals surface area contributed by atoms with Gasteiger partial charge in [0.15, 0.2) is 5.11 Å². The van der Waals surface area contributed by atoms with Crippen LogP contribution in [0, 0.1) is 0 Å². The maximum Gasteiger partial charge on any atom is 0.305 e. The first-order chi connectivity index (χ1) is 13.0. The number of nitrogens with zero attached hydrogens (tertiary/aromatic N) is 3. The van der Waals surface area contributed by atoms with Gasteiger partial charge in [0, 0.05) is 12.7 Å². The second kappa shape index (κ2) is 8.13. The summed E-state index contributed by atoms with van der Waals surface area (Å²) in [6, 6.07) is 10.2. The molecule has 2 heterocycles. The van der Waals surface area contributed by atoms with Crippen LogP contribution >= 0.6 is 12.2 Å². The van der Waals surface area contributed by atoms with E-state index in [1.54, 1.807) is 30.3 Å². The van der Waals surface area contributed by atoms with Gasteiger partial charge in [-0.3, -0.25) is 19.5 Å². The van der Waals surface area contributed by atoms with Gasteiger partial charge in [-0.05, 0) is 48.5 Å². The highest BCUT2D eigenvalue weighted by molar-refractivity contribution is 7.80. The van der Waals surface area contributed by atoms with Gasteiger partial charge in [-0.1, -0.05) is 12.1 Å². The lowest BCUT2D eigenvalue weighted by molar-refractivity contribution is -0.139. The van der Waals surface area contributed by atoms with Crippen LogP contribution in [0.3, 0.4) is 0 Å². The van der Waals surface area contributed by atoms with Crippen LogP contribution < -0.4 is 9.64 Å². The second-order valence-corrected chi connectivity index (χ2v) is 6.44. The van der Waals surface area contributed by atoms with Gasteiger partial charge in [-0.25, -0.2) is 0 Å². The largest absolute Gasteiger partial charge is 0.497 e. The number of carbonyl (C=O) groups excluding carboxylic acids is 1. The molecule has 140 valence electrons. The lowest BCUT2D eigenvalue weighted by Gasteiger charge is -2.23. The second-order valence-electron chi connectivity index (χ2n) is 6.07. The number of methoxy groups -OCH3 is 1. The minimum absolute atomic E-state index is 0.299. The third-order valence-corrected chi connectivity index (χ3v) is 4.81. The van der Waals surface area contributed by atoms with Crippen LogP contribution in [0.2, 0.25) is 0 Å². The van der Waals surface area contributed by atoms with Crippen LogP contribution in [-0.4, -0.2) is 51.7 Å². The number of benzene rings is 1. The molecule has 1 aromatic carbocycles. The molecule has 1 aliphatic rings. The molecule has 1 aliphatic heterocycles. The van der Waals surface area contributed by atoms with E-state index in [1.807, 2.05) is 24.3 Å². The minimum atomic E-state index is -1.04. The van der Waals surface area contributed by atoms with Crippen molar-refractivity contribution >= 4 is 34.9 Å². The summed E-state index contributed by atoms with van der Waals surface area (Å²) in [5, 5.41) is 9.53. The number of ether oxygens (including phenoxy) is 1. The Kier molecular flexibility index (Phi) is 5.66. The number of carbonyl (C=O) groups is 2. The van der Waals surface area contributed by atoms with Gasteiger partial charge in [-0.15, -0.1) is 0 Å². The van der Waals surface area contributed by atoms with E-state index in [0.29, 0.717) is 23.8 Å². The number of rotatable bonds is 7. The van der Waals surface area contributed by atoms with Crippen LogP contribution in [0.25, 0.3) is 0 Å². The van der Waals surface area contributed by atoms with Gasteiger partial charge in [0.1, 0.15) is 11.8 Å². The molecule has 0 bridgehead atoms. The van der Waals surface area contributed by atoms with Crippen LogP contribution in [0.5, 0.6) is 5.75 Å². The highest BCUT2D eigenvalue weighted by Crippen LogP contribution is 2.27. The summed E-state index contributed by atoms with van der Waals surface area (Å²) >= 11 is 5.50. The zero-order chi connectivity index (χ0) is 19.4. The SMILES string of the molecule is COc1ccc(CCN2C(=S)N(c3cccnc3)C(=O)C2CC(=O)O)cc1. The molecule has 1 unspecified atom stereocenters. The average Bonchev–Trinajstić information content (AvgIpc) is 2.90. The molecule has 3 rings (SSSR count). The third-order valence-electron chi connectivity index (χ3n) is 4.39. The first-order valence-electron chi connectivity index (χ1n) is 8.40. The summed E-state index contributed by atoms with van der Waals surface area (Å²) < 4.78 is 5.15. The van der Waals surface area contributed by atoms with E-state index >= 15 is 0 Å². The van der Waals surface area contributed by atoms with E-state index in [9.17, 15) is 14.7 Å². The highest BCUT2D eigenvalue weighted by Gasteiger charge is 2.43. The maximum absolute atomic E-state index is 12.8. The van der Waals surface area contributed by atoms with E-state index in [-0.39, 0.29) is 12.3 Å². The molecule has 27 heavy (non-hydrogen) atoms. The van der Waals surface area contributed by atoms with Gasteiger partial charge in [0.2, 0.25) is 0 Å². The molecule has 7 nitrogen and oxygen atoms in total. The van der Waals surface area contributed by atoms with Crippen molar-refractivity contribution in [1.29, 1.82) is 0 Å². The molecule has 0 spiro atoms. The number of anilines is 1. The fourth-order valence-corrected chi connectivity index (χ4v) is 3.43. The summed E-state index contributed by atoms with van der Waals surface area (Å²) in [5.41, 5.74) is 1.58. The molecular formula is C19H19N3O4S. The van der Waals surface area contributed by atoms with Crippen LogP contribution in [0.1, 0.15) is 12.0 Å². The van der Waals surface area contributed by atoms with Crippen molar-refractivity contribution in [3.05, 3.63) is 54.4 Å². The number of hydrogen-bond donors (Lipinski definition) is 1. The maximum atomic E-state index is 12.8. The molecule has 1 N–H and O–H groups in total. The molecule has 1 aromatic heterocycles. The normalized spacial score (nSPS) is 16.7. The van der Waals surface area contributed by atoms with Crippen LogP contribution in [0.15, 0.2) is 48.8 Å². The Balaban J connectivity index is 1.80. The molecule has 0 radical (unpaired) electrons. The van der Waals surface area contributed by atoms with Crippen LogP contribution in [-0.2, 0) is 16.0 Å². The molecule has 1 fully saturated rings. The lowest BCUT2D eigenvalue weighted by Crippen LogP contribution is -2.38. The number of carboxylic acid groups (broad SMARTS) is 1. The van der Waals surface area contributed by atoms with Crippen LogP contribution in [0.4, 0.5) is 5.69 Å². The summed E-state index contributed by atoms with van der Waals surface area (Å²) in [6.07, 6.45) is 3.45. The Hall–Kier alpha value is -3.00.